The molecule has 0 radical (unpaired) electrons. The molecule has 21 heavy (non-hydrogen) atoms. The zero-order valence-electron chi connectivity index (χ0n) is 12.6. The molecule has 0 amide bonds. The Morgan fingerprint density at radius 2 is 0.905 bits per heavy atom. The van der Waals surface area contributed by atoms with Gasteiger partial charge in [-0.15, -0.1) is 0 Å². The van der Waals surface area contributed by atoms with Crippen molar-refractivity contribution in [3.05, 3.63) is 35.4 Å². The Bertz CT molecular complexity index is 356. The third-order valence-electron chi connectivity index (χ3n) is 1.38. The minimum atomic E-state index is -1.06. The summed E-state index contributed by atoms with van der Waals surface area (Å²) < 4.78 is 0. The summed E-state index contributed by atoms with van der Waals surface area (Å²) in [7, 11) is 0. The summed E-state index contributed by atoms with van der Waals surface area (Å²) in [5, 5.41) is 33.0. The summed E-state index contributed by atoms with van der Waals surface area (Å²) in [6.07, 6.45) is -0.333. The van der Waals surface area contributed by atoms with Gasteiger partial charge in [0.1, 0.15) is 0 Å². The van der Waals surface area contributed by atoms with Gasteiger partial charge in [0, 0.05) is 33.9 Å². The molecule has 118 valence electrons. The molecule has 0 aliphatic heterocycles. The van der Waals surface area contributed by atoms with E-state index in [1.54, 1.807) is 27.7 Å². The zero-order valence-corrected chi connectivity index (χ0v) is 14.1. The molecule has 1 rings (SSSR count). The normalized spacial score (nSPS) is 8.76. The maximum Gasteiger partial charge on any atom is 0.335 e. The number of carboxylic acid groups (broad SMARTS) is 2. The number of carbonyl (C=O) groups is 2. The number of aliphatic hydroxyl groups excluding tert-OH is 2. The van der Waals surface area contributed by atoms with Crippen molar-refractivity contribution < 1.29 is 51.7 Å². The first-order valence-electron chi connectivity index (χ1n) is 6.00. The van der Waals surface area contributed by atoms with Crippen LogP contribution in [0.2, 0.25) is 0 Å². The van der Waals surface area contributed by atoms with Crippen LogP contribution in [0, 0.1) is 0 Å². The molecule has 1 aromatic rings. The number of benzene rings is 1. The van der Waals surface area contributed by atoms with Crippen LogP contribution in [-0.2, 0) is 21.7 Å². The Hall–Kier alpha value is -1.21. The Balaban J connectivity index is -0.000000304. The fraction of sp³-hybridized carbons (Fsp3) is 0.429. The zero-order chi connectivity index (χ0) is 16.3. The van der Waals surface area contributed by atoms with E-state index in [-0.39, 0.29) is 45.1 Å². The minimum Gasteiger partial charge on any atom is -0.478 e. The van der Waals surface area contributed by atoms with Gasteiger partial charge in [-0.3, -0.25) is 0 Å². The van der Waals surface area contributed by atoms with Crippen molar-refractivity contribution in [1.82, 2.24) is 0 Å². The van der Waals surface area contributed by atoms with Gasteiger partial charge < -0.3 is 20.4 Å². The van der Waals surface area contributed by atoms with Crippen LogP contribution in [0.1, 0.15) is 48.4 Å². The summed E-state index contributed by atoms with van der Waals surface area (Å²) in [5.41, 5.74) is 0.167. The van der Waals surface area contributed by atoms with E-state index in [4.69, 9.17) is 20.4 Å². The Morgan fingerprint density at radius 1 is 0.762 bits per heavy atom. The van der Waals surface area contributed by atoms with Crippen molar-refractivity contribution in [2.24, 2.45) is 0 Å². The molecule has 0 saturated heterocycles. The molecule has 0 aliphatic carbocycles. The van der Waals surface area contributed by atoms with Gasteiger partial charge in [0.25, 0.3) is 0 Å². The van der Waals surface area contributed by atoms with Crippen LogP contribution in [0.3, 0.4) is 0 Å². The van der Waals surface area contributed by atoms with Crippen LogP contribution in [0.15, 0.2) is 24.3 Å². The van der Waals surface area contributed by atoms with Crippen molar-refractivity contribution in [2.75, 3.05) is 0 Å². The quantitative estimate of drug-likeness (QED) is 0.614. The van der Waals surface area contributed by atoms with E-state index in [0.29, 0.717) is 0 Å². The second-order valence-corrected chi connectivity index (χ2v) is 4.38. The Morgan fingerprint density at radius 3 is 1.00 bits per heavy atom. The Labute approximate surface area is 139 Å². The number of carboxylic acids is 2. The average Bonchev–Trinajstić information content (AvgIpc) is 2.27. The molecule has 4 N–H and O–H groups in total. The van der Waals surface area contributed by atoms with Crippen molar-refractivity contribution in [3.8, 4) is 0 Å². The summed E-state index contributed by atoms with van der Waals surface area (Å²) in [6.45, 7) is 6.89. The van der Waals surface area contributed by atoms with Gasteiger partial charge in [0.05, 0.1) is 11.1 Å². The summed E-state index contributed by atoms with van der Waals surface area (Å²) >= 11 is 0. The van der Waals surface area contributed by atoms with Crippen molar-refractivity contribution in [2.45, 2.75) is 39.9 Å². The molecular formula is C14H22O6Ti. The first-order valence-corrected chi connectivity index (χ1v) is 6.00. The fourth-order valence-electron chi connectivity index (χ4n) is 0.755. The van der Waals surface area contributed by atoms with Gasteiger partial charge in [0.15, 0.2) is 0 Å². The van der Waals surface area contributed by atoms with E-state index >= 15 is 0 Å². The predicted octanol–water partition coefficient (Wildman–Crippen LogP) is 1.85. The number of hydrogen-bond donors (Lipinski definition) is 4. The third-order valence-corrected chi connectivity index (χ3v) is 1.38. The van der Waals surface area contributed by atoms with Crippen molar-refractivity contribution >= 4 is 11.9 Å². The molecule has 0 spiro atoms. The number of hydrogen-bond acceptors (Lipinski definition) is 4. The van der Waals surface area contributed by atoms with Gasteiger partial charge in [-0.1, -0.05) is 0 Å². The largest absolute Gasteiger partial charge is 0.478 e. The van der Waals surface area contributed by atoms with Crippen molar-refractivity contribution in [1.29, 1.82) is 0 Å². The van der Waals surface area contributed by atoms with Gasteiger partial charge in [0.2, 0.25) is 0 Å². The van der Waals surface area contributed by atoms with Crippen LogP contribution in [0.4, 0.5) is 0 Å². The summed E-state index contributed by atoms with van der Waals surface area (Å²) in [5.74, 6) is -2.13. The SMILES string of the molecule is CC(C)O.CC(C)O.O=C(O)c1ccc(C(=O)O)cc1.[Ti]. The van der Waals surface area contributed by atoms with Gasteiger partial charge in [-0.25, -0.2) is 9.59 Å². The number of rotatable bonds is 2. The second kappa shape index (κ2) is 13.8. The minimum absolute atomic E-state index is 0. The molecular weight excluding hydrogens is 312 g/mol. The van der Waals surface area contributed by atoms with E-state index in [0.717, 1.165) is 0 Å². The van der Waals surface area contributed by atoms with Crippen LogP contribution >= 0.6 is 0 Å². The standard InChI is InChI=1S/C8H6O4.2C3H8O.Ti/c9-7(10)5-1-2-6(4-3-5)8(11)12;2*1-3(2)4;/h1-4H,(H,9,10)(H,11,12);2*3-4H,1-2H3;. The molecule has 7 heteroatoms. The average molecular weight is 334 g/mol. The molecule has 0 saturated carbocycles. The van der Waals surface area contributed by atoms with Crippen molar-refractivity contribution in [3.63, 3.8) is 0 Å². The molecule has 0 unspecified atom stereocenters. The van der Waals surface area contributed by atoms with Gasteiger partial charge in [-0.2, -0.15) is 0 Å². The smallest absolute Gasteiger partial charge is 0.335 e. The first kappa shape index (κ1) is 24.8. The molecule has 0 bridgehead atoms. The molecule has 0 fully saturated rings. The van der Waals surface area contributed by atoms with Gasteiger partial charge >= 0.3 is 11.9 Å². The van der Waals surface area contributed by atoms with Crippen LogP contribution in [0.5, 0.6) is 0 Å². The van der Waals surface area contributed by atoms with Crippen LogP contribution in [0.25, 0.3) is 0 Å². The first-order chi connectivity index (χ1) is 9.07. The van der Waals surface area contributed by atoms with Crippen LogP contribution < -0.4 is 0 Å². The maximum atomic E-state index is 10.3. The van der Waals surface area contributed by atoms with E-state index in [1.807, 2.05) is 0 Å². The van der Waals surface area contributed by atoms with E-state index in [2.05, 4.69) is 0 Å². The molecule has 0 atom stereocenters. The monoisotopic (exact) mass is 334 g/mol. The molecule has 0 heterocycles. The summed E-state index contributed by atoms with van der Waals surface area (Å²) in [6, 6.07) is 5.02. The molecule has 0 aromatic heterocycles. The van der Waals surface area contributed by atoms with Gasteiger partial charge in [-0.05, 0) is 52.0 Å². The summed E-state index contributed by atoms with van der Waals surface area (Å²) in [4.78, 5) is 20.7. The van der Waals surface area contributed by atoms with E-state index < -0.39 is 11.9 Å². The predicted molar refractivity (Wildman–Crippen MR) is 75.1 cm³/mol. The molecule has 6 nitrogen and oxygen atoms in total. The second-order valence-electron chi connectivity index (χ2n) is 4.38. The number of aromatic carboxylic acids is 2. The topological polar surface area (TPSA) is 115 Å². The maximum absolute atomic E-state index is 10.3. The van der Waals surface area contributed by atoms with E-state index in [9.17, 15) is 9.59 Å². The Kier molecular flexibility index (Phi) is 16.2. The van der Waals surface area contributed by atoms with E-state index in [1.165, 1.54) is 24.3 Å². The number of aliphatic hydroxyl groups is 2. The fourth-order valence-corrected chi connectivity index (χ4v) is 0.755. The van der Waals surface area contributed by atoms with Crippen LogP contribution in [-0.4, -0.2) is 44.6 Å². The molecule has 0 aliphatic rings. The molecule has 1 aromatic carbocycles. The third kappa shape index (κ3) is 18.8.